The molecule has 0 fully saturated rings. The van der Waals surface area contributed by atoms with Gasteiger partial charge in [-0.1, -0.05) is 168 Å². The summed E-state index contributed by atoms with van der Waals surface area (Å²) in [6.07, 6.45) is 35.8. The van der Waals surface area contributed by atoms with E-state index in [1.54, 1.807) is 0 Å². The summed E-state index contributed by atoms with van der Waals surface area (Å²) in [5.41, 5.74) is 0. The summed E-state index contributed by atoms with van der Waals surface area (Å²) in [7, 11) is 0. The molecule has 274 valence electrons. The number of aliphatic hydroxyl groups excluding tert-OH is 2. The Bertz CT molecular complexity index is 591. The summed E-state index contributed by atoms with van der Waals surface area (Å²) in [6, 6.07) is 0. The molecule has 0 aromatic rings. The predicted molar refractivity (Wildman–Crippen MR) is 197 cm³/mol. The van der Waals surface area contributed by atoms with E-state index in [-0.39, 0.29) is 36.9 Å². The molecule has 0 aliphatic heterocycles. The van der Waals surface area contributed by atoms with Crippen LogP contribution in [0.3, 0.4) is 0 Å². The van der Waals surface area contributed by atoms with Crippen molar-refractivity contribution < 1.29 is 19.8 Å². The molecule has 4 N–H and O–H groups in total. The zero-order chi connectivity index (χ0) is 33.8. The van der Waals surface area contributed by atoms with Crippen molar-refractivity contribution in [1.29, 1.82) is 0 Å². The van der Waals surface area contributed by atoms with Gasteiger partial charge in [-0.2, -0.15) is 0 Å². The summed E-state index contributed by atoms with van der Waals surface area (Å²) < 4.78 is 0. The largest absolute Gasteiger partial charge is 0.396 e. The Morgan fingerprint density at radius 3 is 0.913 bits per heavy atom. The van der Waals surface area contributed by atoms with Crippen molar-refractivity contribution in [3.8, 4) is 0 Å². The lowest BCUT2D eigenvalue weighted by Crippen LogP contribution is -2.34. The molecule has 0 aliphatic carbocycles. The smallest absolute Gasteiger partial charge is 0.223 e. The molecule has 0 radical (unpaired) electrons. The monoisotopic (exact) mass is 653 g/mol. The van der Waals surface area contributed by atoms with Crippen LogP contribution in [0.15, 0.2) is 0 Å². The van der Waals surface area contributed by atoms with Crippen molar-refractivity contribution in [1.82, 2.24) is 10.6 Å². The van der Waals surface area contributed by atoms with E-state index in [9.17, 15) is 19.8 Å². The highest BCUT2D eigenvalue weighted by Crippen LogP contribution is 2.18. The van der Waals surface area contributed by atoms with Gasteiger partial charge in [-0.15, -0.1) is 0 Å². The Balaban J connectivity index is 3.88. The minimum absolute atomic E-state index is 0.0522. The van der Waals surface area contributed by atoms with Crippen LogP contribution in [0.25, 0.3) is 0 Å². The molecule has 6 heteroatoms. The molecule has 0 heterocycles. The normalized spacial score (nSPS) is 12.7. The van der Waals surface area contributed by atoms with E-state index < -0.39 is 0 Å². The molecule has 2 unspecified atom stereocenters. The zero-order valence-corrected chi connectivity index (χ0v) is 30.9. The third kappa shape index (κ3) is 30.2. The number of rotatable bonds is 37. The lowest BCUT2D eigenvalue weighted by molar-refractivity contribution is -0.126. The van der Waals surface area contributed by atoms with Crippen molar-refractivity contribution >= 4 is 11.8 Å². The minimum Gasteiger partial charge on any atom is -0.396 e. The summed E-state index contributed by atoms with van der Waals surface area (Å²) in [5, 5.41) is 25.1. The van der Waals surface area contributed by atoms with Crippen LogP contribution in [-0.4, -0.2) is 48.3 Å². The zero-order valence-electron chi connectivity index (χ0n) is 30.9. The maximum Gasteiger partial charge on any atom is 0.223 e. The predicted octanol–water partition coefficient (Wildman–Crippen LogP) is 10.2. The third-order valence-corrected chi connectivity index (χ3v) is 9.71. The number of aliphatic hydroxyl groups is 2. The lowest BCUT2D eigenvalue weighted by atomic mass is 9.96. The SMILES string of the molecule is CCCCCCCCCCCCCCC(CCO)C(=O)NCCCCNC(=O)C(CCO)CCCCCCCCCCCCCC. The number of nitrogens with one attached hydrogen (secondary N) is 2. The van der Waals surface area contributed by atoms with Crippen LogP contribution in [0.2, 0.25) is 0 Å². The van der Waals surface area contributed by atoms with Gasteiger partial charge in [0.05, 0.1) is 0 Å². The second-order valence-electron chi connectivity index (χ2n) is 14.1. The molecule has 0 spiro atoms. The van der Waals surface area contributed by atoms with Crippen LogP contribution in [0.4, 0.5) is 0 Å². The van der Waals surface area contributed by atoms with Crippen LogP contribution >= 0.6 is 0 Å². The standard InChI is InChI=1S/C40H80N2O4/c1-3-5-7-9-11-13-15-17-19-21-23-25-29-37(31-35-43)39(45)41-33-27-28-34-42-40(46)38(32-36-44)30-26-24-22-20-18-16-14-12-10-8-6-4-2/h37-38,43-44H,3-36H2,1-2H3,(H,41,45)(H,42,46). The molecule has 0 aromatic heterocycles. The average molecular weight is 653 g/mol. The molecule has 0 aromatic carbocycles. The number of amides is 2. The Morgan fingerprint density at radius 1 is 0.391 bits per heavy atom. The summed E-state index contributed by atoms with van der Waals surface area (Å²) in [4.78, 5) is 25.4. The van der Waals surface area contributed by atoms with Crippen molar-refractivity contribution in [2.75, 3.05) is 26.3 Å². The van der Waals surface area contributed by atoms with Crippen molar-refractivity contribution in [2.24, 2.45) is 11.8 Å². The van der Waals surface area contributed by atoms with E-state index in [4.69, 9.17) is 0 Å². The number of unbranched alkanes of at least 4 members (excludes halogenated alkanes) is 23. The molecule has 6 nitrogen and oxygen atoms in total. The van der Waals surface area contributed by atoms with E-state index in [1.165, 1.54) is 141 Å². The van der Waals surface area contributed by atoms with Gasteiger partial charge in [-0.05, 0) is 38.5 Å². The van der Waals surface area contributed by atoms with Gasteiger partial charge in [0.15, 0.2) is 0 Å². The average Bonchev–Trinajstić information content (AvgIpc) is 3.06. The van der Waals surface area contributed by atoms with Gasteiger partial charge in [-0.3, -0.25) is 9.59 Å². The summed E-state index contributed by atoms with van der Waals surface area (Å²) in [5.74, 6) is -0.0853. The number of carbonyl (C=O) groups excluding carboxylic acids is 2. The van der Waals surface area contributed by atoms with Gasteiger partial charge >= 0.3 is 0 Å². The first-order chi connectivity index (χ1) is 22.6. The van der Waals surface area contributed by atoms with Gasteiger partial charge in [0, 0.05) is 38.1 Å². The van der Waals surface area contributed by atoms with Gasteiger partial charge in [0.2, 0.25) is 11.8 Å². The topological polar surface area (TPSA) is 98.7 Å². The van der Waals surface area contributed by atoms with Gasteiger partial charge in [0.1, 0.15) is 0 Å². The first-order valence-corrected chi connectivity index (χ1v) is 20.4. The van der Waals surface area contributed by atoms with E-state index in [0.717, 1.165) is 38.5 Å². The third-order valence-electron chi connectivity index (χ3n) is 9.71. The maximum atomic E-state index is 12.7. The van der Waals surface area contributed by atoms with E-state index in [2.05, 4.69) is 24.5 Å². The van der Waals surface area contributed by atoms with Crippen LogP contribution in [0.5, 0.6) is 0 Å². The van der Waals surface area contributed by atoms with Crippen molar-refractivity contribution in [3.05, 3.63) is 0 Å². The first-order valence-electron chi connectivity index (χ1n) is 20.4. The molecule has 0 saturated carbocycles. The minimum atomic E-state index is -0.104. The number of carbonyl (C=O) groups is 2. The molecule has 2 amide bonds. The summed E-state index contributed by atoms with van der Waals surface area (Å²) >= 11 is 0. The molecular formula is C40H80N2O4. The van der Waals surface area contributed by atoms with E-state index in [1.807, 2.05) is 0 Å². The fraction of sp³-hybridized carbons (Fsp3) is 0.950. The quantitative estimate of drug-likeness (QED) is 0.0502. The lowest BCUT2D eigenvalue weighted by Gasteiger charge is -2.17. The fourth-order valence-electron chi connectivity index (χ4n) is 6.55. The molecule has 0 rings (SSSR count). The van der Waals surface area contributed by atoms with Crippen molar-refractivity contribution in [2.45, 2.75) is 206 Å². The fourth-order valence-corrected chi connectivity index (χ4v) is 6.55. The highest BCUT2D eigenvalue weighted by molar-refractivity contribution is 5.79. The molecule has 0 aliphatic rings. The number of hydrogen-bond donors (Lipinski definition) is 4. The van der Waals surface area contributed by atoms with Gasteiger partial charge in [-0.25, -0.2) is 0 Å². The second-order valence-corrected chi connectivity index (χ2v) is 14.1. The maximum absolute atomic E-state index is 12.7. The van der Waals surface area contributed by atoms with Crippen LogP contribution in [0, 0.1) is 11.8 Å². The molecular weight excluding hydrogens is 572 g/mol. The molecule has 0 bridgehead atoms. The summed E-state index contributed by atoms with van der Waals surface area (Å²) in [6.45, 7) is 5.84. The van der Waals surface area contributed by atoms with Gasteiger partial charge < -0.3 is 20.8 Å². The van der Waals surface area contributed by atoms with Crippen LogP contribution < -0.4 is 10.6 Å². The van der Waals surface area contributed by atoms with Crippen molar-refractivity contribution in [3.63, 3.8) is 0 Å². The Kier molecular flexibility index (Phi) is 35.8. The van der Waals surface area contributed by atoms with E-state index in [0.29, 0.717) is 25.9 Å². The number of hydrogen-bond acceptors (Lipinski definition) is 4. The first kappa shape index (κ1) is 44.9. The molecule has 2 atom stereocenters. The second kappa shape index (κ2) is 36.7. The Labute approximate surface area is 286 Å². The highest BCUT2D eigenvalue weighted by Gasteiger charge is 2.18. The Morgan fingerprint density at radius 2 is 0.652 bits per heavy atom. The van der Waals surface area contributed by atoms with Gasteiger partial charge in [0.25, 0.3) is 0 Å². The Hall–Kier alpha value is -1.14. The molecule has 46 heavy (non-hydrogen) atoms. The van der Waals surface area contributed by atoms with Crippen LogP contribution in [-0.2, 0) is 9.59 Å². The van der Waals surface area contributed by atoms with Crippen LogP contribution in [0.1, 0.15) is 206 Å². The molecule has 0 saturated heterocycles. The highest BCUT2D eigenvalue weighted by atomic mass is 16.3. The van der Waals surface area contributed by atoms with E-state index >= 15 is 0 Å².